The van der Waals surface area contributed by atoms with E-state index in [4.69, 9.17) is 9.47 Å². The zero-order valence-electron chi connectivity index (χ0n) is 13.2. The largest absolute Gasteiger partial charge is 0.495 e. The van der Waals surface area contributed by atoms with E-state index >= 15 is 0 Å². The maximum Gasteiger partial charge on any atom is 0.245 e. The van der Waals surface area contributed by atoms with Crippen molar-refractivity contribution in [1.82, 2.24) is 0 Å². The summed E-state index contributed by atoms with van der Waals surface area (Å²) in [6.07, 6.45) is 2.03. The smallest absolute Gasteiger partial charge is 0.245 e. The molecule has 1 aromatic rings. The van der Waals surface area contributed by atoms with E-state index < -0.39 is 20.0 Å². The summed E-state index contributed by atoms with van der Waals surface area (Å²) in [6.45, 7) is 1.91. The first-order chi connectivity index (χ1) is 10.1. The fraction of sp³-hybridized carbons (Fsp3) is 0.538. The Balaban J connectivity index is 3.64. The molecule has 0 aliphatic carbocycles. The van der Waals surface area contributed by atoms with Gasteiger partial charge in [-0.3, -0.25) is 0 Å². The van der Waals surface area contributed by atoms with E-state index in [-0.39, 0.29) is 17.5 Å². The van der Waals surface area contributed by atoms with Gasteiger partial charge in [0.2, 0.25) is 20.0 Å². The predicted molar refractivity (Wildman–Crippen MR) is 85.2 cm³/mol. The van der Waals surface area contributed by atoms with Gasteiger partial charge in [0.05, 0.1) is 25.7 Å². The summed E-state index contributed by atoms with van der Waals surface area (Å²) in [5.41, 5.74) is 0.610. The van der Waals surface area contributed by atoms with Crippen LogP contribution in [0.4, 0.5) is 5.69 Å². The number of hydrogen-bond donors (Lipinski definition) is 0. The fourth-order valence-electron chi connectivity index (χ4n) is 2.19. The van der Waals surface area contributed by atoms with Crippen LogP contribution < -0.4 is 8.45 Å². The summed E-state index contributed by atoms with van der Waals surface area (Å²) in [7, 11) is -5.21. The molecule has 0 bridgehead atoms. The third-order valence-electron chi connectivity index (χ3n) is 3.03. The van der Waals surface area contributed by atoms with Gasteiger partial charge in [0.1, 0.15) is 11.4 Å². The van der Waals surface area contributed by atoms with Gasteiger partial charge in [-0.2, -0.15) is 3.71 Å². The van der Waals surface area contributed by atoms with Gasteiger partial charge in [-0.15, -0.1) is 0 Å². The highest BCUT2D eigenvalue weighted by molar-refractivity contribution is 8.09. The van der Waals surface area contributed by atoms with Crippen LogP contribution in [0.25, 0.3) is 0 Å². The van der Waals surface area contributed by atoms with Crippen molar-refractivity contribution in [3.8, 4) is 5.75 Å². The van der Waals surface area contributed by atoms with E-state index in [1.165, 1.54) is 26.4 Å². The Hall–Kier alpha value is -1.32. The van der Waals surface area contributed by atoms with Crippen LogP contribution in [0, 0.1) is 0 Å². The molecule has 1 atom stereocenters. The predicted octanol–water partition coefficient (Wildman–Crippen LogP) is 1.52. The van der Waals surface area contributed by atoms with Crippen LogP contribution in [0.5, 0.6) is 5.75 Å². The molecule has 0 aliphatic rings. The first-order valence-electron chi connectivity index (χ1n) is 6.47. The SMILES string of the molecule is CCC(OC)c1ccc(OC)c(N(S(C)(=O)=O)S(C)(=O)=O)c1. The van der Waals surface area contributed by atoms with Crippen LogP contribution in [-0.4, -0.2) is 43.6 Å². The Labute approximate surface area is 131 Å². The molecule has 1 rings (SSSR count). The van der Waals surface area contributed by atoms with Crippen LogP contribution >= 0.6 is 0 Å². The van der Waals surface area contributed by atoms with E-state index in [0.717, 1.165) is 12.5 Å². The lowest BCUT2D eigenvalue weighted by molar-refractivity contribution is 0.100. The Morgan fingerprint density at radius 3 is 2.00 bits per heavy atom. The standard InChI is InChI=1S/C13H21NO6S2/c1-6-12(19-2)10-7-8-13(20-3)11(9-10)14(21(4,15)16)22(5,17)18/h7-9,12H,6H2,1-5H3. The fourth-order valence-corrected chi connectivity index (χ4v) is 5.16. The van der Waals surface area contributed by atoms with Crippen LogP contribution in [0.15, 0.2) is 18.2 Å². The summed E-state index contributed by atoms with van der Waals surface area (Å²) in [6, 6.07) is 4.69. The molecule has 1 aromatic carbocycles. The second-order valence-corrected chi connectivity index (χ2v) is 8.68. The number of rotatable bonds is 7. The van der Waals surface area contributed by atoms with E-state index in [1.54, 1.807) is 6.07 Å². The first kappa shape index (κ1) is 18.7. The highest BCUT2D eigenvalue weighted by Crippen LogP contribution is 2.35. The maximum absolute atomic E-state index is 11.9. The van der Waals surface area contributed by atoms with Gasteiger partial charge >= 0.3 is 0 Å². The lowest BCUT2D eigenvalue weighted by atomic mass is 10.1. The Kier molecular flexibility index (Phi) is 5.82. The number of methoxy groups -OCH3 is 2. The third kappa shape index (κ3) is 4.11. The van der Waals surface area contributed by atoms with Crippen molar-refractivity contribution in [2.75, 3.05) is 30.4 Å². The summed E-state index contributed by atoms with van der Waals surface area (Å²) in [4.78, 5) is 0. The number of benzene rings is 1. The number of ether oxygens (including phenoxy) is 2. The quantitative estimate of drug-likeness (QED) is 0.740. The summed E-state index contributed by atoms with van der Waals surface area (Å²) >= 11 is 0. The summed E-state index contributed by atoms with van der Waals surface area (Å²) in [5.74, 6) is 0.144. The lowest BCUT2D eigenvalue weighted by Crippen LogP contribution is -2.35. The molecule has 9 heteroatoms. The van der Waals surface area contributed by atoms with Crippen molar-refractivity contribution in [2.45, 2.75) is 19.4 Å². The van der Waals surface area contributed by atoms with Crippen LogP contribution in [0.3, 0.4) is 0 Å². The summed E-state index contributed by atoms with van der Waals surface area (Å²) < 4.78 is 58.5. The minimum absolute atomic E-state index is 0.0551. The van der Waals surface area contributed by atoms with Crippen molar-refractivity contribution in [3.63, 3.8) is 0 Å². The van der Waals surface area contributed by atoms with Crippen LogP contribution in [0.2, 0.25) is 0 Å². The number of sulfonamides is 2. The zero-order chi connectivity index (χ0) is 17.1. The number of nitrogens with zero attached hydrogens (tertiary/aromatic N) is 1. The molecule has 0 aromatic heterocycles. The highest BCUT2D eigenvalue weighted by atomic mass is 32.3. The molecule has 22 heavy (non-hydrogen) atoms. The van der Waals surface area contributed by atoms with Gasteiger partial charge in [-0.1, -0.05) is 13.0 Å². The highest BCUT2D eigenvalue weighted by Gasteiger charge is 2.30. The second-order valence-electron chi connectivity index (χ2n) is 4.79. The van der Waals surface area contributed by atoms with E-state index in [2.05, 4.69) is 0 Å². The van der Waals surface area contributed by atoms with Gasteiger partial charge in [0, 0.05) is 7.11 Å². The van der Waals surface area contributed by atoms with Crippen molar-refractivity contribution in [1.29, 1.82) is 0 Å². The average Bonchev–Trinajstić information content (AvgIpc) is 2.37. The minimum Gasteiger partial charge on any atom is -0.495 e. The molecular weight excluding hydrogens is 330 g/mol. The number of hydrogen-bond acceptors (Lipinski definition) is 6. The third-order valence-corrected chi connectivity index (χ3v) is 6.25. The van der Waals surface area contributed by atoms with Crippen molar-refractivity contribution in [3.05, 3.63) is 23.8 Å². The minimum atomic E-state index is -4.04. The molecule has 7 nitrogen and oxygen atoms in total. The zero-order valence-corrected chi connectivity index (χ0v) is 14.9. The van der Waals surface area contributed by atoms with Crippen molar-refractivity contribution >= 4 is 25.7 Å². The molecule has 0 N–H and O–H groups in total. The van der Waals surface area contributed by atoms with Gasteiger partial charge in [-0.25, -0.2) is 16.8 Å². The molecule has 0 radical (unpaired) electrons. The van der Waals surface area contributed by atoms with E-state index in [1.807, 2.05) is 6.92 Å². The Morgan fingerprint density at radius 2 is 1.64 bits per heavy atom. The van der Waals surface area contributed by atoms with E-state index in [9.17, 15) is 16.8 Å². The monoisotopic (exact) mass is 351 g/mol. The molecule has 0 amide bonds. The second kappa shape index (κ2) is 6.84. The van der Waals surface area contributed by atoms with E-state index in [0.29, 0.717) is 15.7 Å². The summed E-state index contributed by atoms with van der Waals surface area (Å²) in [5, 5.41) is 0. The molecule has 0 saturated carbocycles. The molecular formula is C13H21NO6S2. The maximum atomic E-state index is 11.9. The average molecular weight is 351 g/mol. The van der Waals surface area contributed by atoms with Crippen LogP contribution in [-0.2, 0) is 24.8 Å². The Bertz CT molecular complexity index is 691. The van der Waals surface area contributed by atoms with Gasteiger partial charge < -0.3 is 9.47 Å². The molecule has 0 fully saturated rings. The van der Waals surface area contributed by atoms with Crippen molar-refractivity contribution in [2.24, 2.45) is 0 Å². The molecule has 1 unspecified atom stereocenters. The molecule has 0 spiro atoms. The first-order valence-corrected chi connectivity index (χ1v) is 10.2. The number of anilines is 1. The van der Waals surface area contributed by atoms with Gasteiger partial charge in [-0.05, 0) is 24.1 Å². The van der Waals surface area contributed by atoms with Gasteiger partial charge in [0.15, 0.2) is 0 Å². The normalized spacial score (nSPS) is 13.7. The lowest BCUT2D eigenvalue weighted by Gasteiger charge is -2.23. The molecule has 0 heterocycles. The van der Waals surface area contributed by atoms with Crippen molar-refractivity contribution < 1.29 is 26.3 Å². The molecule has 0 saturated heterocycles. The van der Waals surface area contributed by atoms with Gasteiger partial charge in [0.25, 0.3) is 0 Å². The molecule has 126 valence electrons. The Morgan fingerprint density at radius 1 is 1.09 bits per heavy atom. The van der Waals surface area contributed by atoms with Crippen LogP contribution in [0.1, 0.15) is 25.0 Å². The molecule has 0 aliphatic heterocycles. The topological polar surface area (TPSA) is 90.0 Å².